The molecule has 0 spiro atoms. The lowest BCUT2D eigenvalue weighted by atomic mass is 9.86. The van der Waals surface area contributed by atoms with Crippen molar-refractivity contribution in [1.29, 1.82) is 0 Å². The minimum atomic E-state index is -0.721. The number of rotatable bonds is 22. The first kappa shape index (κ1) is 40.6. The van der Waals surface area contributed by atoms with Gasteiger partial charge < -0.3 is 30.7 Å². The highest BCUT2D eigenvalue weighted by Gasteiger charge is 2.27. The molecule has 11 nitrogen and oxygen atoms in total. The van der Waals surface area contributed by atoms with Crippen molar-refractivity contribution in [3.63, 3.8) is 0 Å². The van der Waals surface area contributed by atoms with Crippen LogP contribution in [0, 0.1) is 5.92 Å². The van der Waals surface area contributed by atoms with E-state index in [1.165, 1.54) is 11.3 Å². The molecule has 0 aliphatic heterocycles. The van der Waals surface area contributed by atoms with Crippen LogP contribution in [0.15, 0.2) is 77.8 Å². The molecule has 3 amide bonds. The molecule has 52 heavy (non-hydrogen) atoms. The third-order valence-electron chi connectivity index (χ3n) is 8.65. The highest BCUT2D eigenvalue weighted by Crippen LogP contribution is 2.23. The van der Waals surface area contributed by atoms with Crippen LogP contribution >= 0.6 is 22.7 Å². The summed E-state index contributed by atoms with van der Waals surface area (Å²) in [5.41, 5.74) is 4.72. The quantitative estimate of drug-likeness (QED) is 0.0682. The van der Waals surface area contributed by atoms with Gasteiger partial charge in [-0.15, -0.1) is 22.7 Å². The summed E-state index contributed by atoms with van der Waals surface area (Å²) >= 11 is 3.01. The summed E-state index contributed by atoms with van der Waals surface area (Å²) in [5, 5.41) is 21.5. The second-order valence-electron chi connectivity index (χ2n) is 13.3. The monoisotopic (exact) mass is 748 g/mol. The van der Waals surface area contributed by atoms with Gasteiger partial charge in [-0.25, -0.2) is 14.6 Å². The van der Waals surface area contributed by atoms with Crippen molar-refractivity contribution in [2.45, 2.75) is 83.5 Å². The molecule has 2 aromatic carbocycles. The van der Waals surface area contributed by atoms with E-state index in [1.54, 1.807) is 35.0 Å². The average Bonchev–Trinajstić information content (AvgIpc) is 3.84. The number of ketones is 1. The Balaban J connectivity index is 1.45. The smallest absolute Gasteiger partial charge is 0.407 e. The zero-order valence-electron chi connectivity index (χ0n) is 30.3. The predicted octanol–water partition coefficient (Wildman–Crippen LogP) is 6.34. The van der Waals surface area contributed by atoms with Gasteiger partial charge >= 0.3 is 12.1 Å². The Morgan fingerprint density at radius 3 is 2.25 bits per heavy atom. The molecule has 0 saturated heterocycles. The molecular formula is C39H52N6O5S2. The first-order valence-corrected chi connectivity index (χ1v) is 19.6. The number of nitrogens with zero attached hydrogens (tertiary/aromatic N) is 3. The van der Waals surface area contributed by atoms with E-state index in [0.29, 0.717) is 57.7 Å². The van der Waals surface area contributed by atoms with Crippen LogP contribution in [-0.2, 0) is 35.5 Å². The number of aromatic nitrogens is 2. The predicted molar refractivity (Wildman–Crippen MR) is 206 cm³/mol. The fraction of sp³-hybridized carbons (Fsp3) is 0.462. The Morgan fingerprint density at radius 1 is 0.904 bits per heavy atom. The fourth-order valence-corrected chi connectivity index (χ4v) is 7.20. The lowest BCUT2D eigenvalue weighted by molar-refractivity contribution is -0.122. The molecule has 4 aromatic rings. The number of hydrogen-bond acceptors (Lipinski definition) is 10. The molecule has 2 aromatic heterocycles. The first-order chi connectivity index (χ1) is 25.2. The lowest BCUT2D eigenvalue weighted by Gasteiger charge is -2.26. The van der Waals surface area contributed by atoms with Crippen LogP contribution < -0.4 is 16.0 Å². The van der Waals surface area contributed by atoms with Crippen molar-refractivity contribution >= 4 is 40.6 Å². The van der Waals surface area contributed by atoms with Crippen LogP contribution in [0.1, 0.15) is 72.2 Å². The third-order valence-corrected chi connectivity index (χ3v) is 10.6. The Hall–Kier alpha value is -4.17. The van der Waals surface area contributed by atoms with Crippen molar-refractivity contribution in [2.24, 2.45) is 5.92 Å². The van der Waals surface area contributed by atoms with Crippen LogP contribution in [0.3, 0.4) is 0 Å². The van der Waals surface area contributed by atoms with Gasteiger partial charge in [-0.1, -0.05) is 74.5 Å². The molecule has 3 atom stereocenters. The van der Waals surface area contributed by atoms with Gasteiger partial charge in [0.2, 0.25) is 0 Å². The Labute approximate surface area is 315 Å². The Kier molecular flexibility index (Phi) is 17.2. The SMILES string of the molecule is CC(C)c1nc(CN(C)C(=O)N[C@@H](CCNCCO)C(=O)C[C@@H](CC[C@@H](Cc2ccccc2)NC(=O)OCc2cncs2)Cc2ccccc2)cs1. The molecule has 280 valence electrons. The van der Waals surface area contributed by atoms with E-state index in [2.05, 4.69) is 51.9 Å². The van der Waals surface area contributed by atoms with Gasteiger partial charge in [0.05, 0.1) is 40.3 Å². The number of ether oxygens (including phenoxy) is 1. The van der Waals surface area contributed by atoms with Gasteiger partial charge in [0.15, 0.2) is 5.78 Å². The van der Waals surface area contributed by atoms with Crippen LogP contribution in [0.25, 0.3) is 0 Å². The number of aliphatic hydroxyl groups excluding tert-OH is 1. The van der Waals surface area contributed by atoms with E-state index in [1.807, 2.05) is 53.9 Å². The summed E-state index contributed by atoms with van der Waals surface area (Å²) in [6, 6.07) is 18.8. The molecule has 0 aliphatic carbocycles. The molecule has 4 N–H and O–H groups in total. The van der Waals surface area contributed by atoms with E-state index < -0.39 is 12.1 Å². The second-order valence-corrected chi connectivity index (χ2v) is 15.2. The van der Waals surface area contributed by atoms with E-state index >= 15 is 0 Å². The van der Waals surface area contributed by atoms with Crippen LogP contribution in [0.4, 0.5) is 9.59 Å². The number of nitrogens with one attached hydrogen (secondary N) is 3. The van der Waals surface area contributed by atoms with Crippen LogP contribution in [-0.4, -0.2) is 76.7 Å². The maximum absolute atomic E-state index is 14.1. The van der Waals surface area contributed by atoms with E-state index in [4.69, 9.17) is 4.74 Å². The van der Waals surface area contributed by atoms with E-state index in [0.717, 1.165) is 26.7 Å². The molecular weight excluding hydrogens is 697 g/mol. The summed E-state index contributed by atoms with van der Waals surface area (Å²) in [4.78, 5) is 51.5. The van der Waals surface area contributed by atoms with Crippen molar-refractivity contribution in [2.75, 3.05) is 26.7 Å². The number of hydrogen-bond donors (Lipinski definition) is 4. The van der Waals surface area contributed by atoms with Gasteiger partial charge in [0.25, 0.3) is 0 Å². The Morgan fingerprint density at radius 2 is 1.62 bits per heavy atom. The number of benzene rings is 2. The molecule has 2 heterocycles. The summed E-state index contributed by atoms with van der Waals surface area (Å²) in [6.07, 6.45) is 4.40. The van der Waals surface area contributed by atoms with Gasteiger partial charge in [-0.2, -0.15) is 0 Å². The lowest BCUT2D eigenvalue weighted by Crippen LogP contribution is -2.48. The van der Waals surface area contributed by atoms with Gasteiger partial charge in [-0.3, -0.25) is 9.78 Å². The van der Waals surface area contributed by atoms with Crippen LogP contribution in [0.5, 0.6) is 0 Å². The minimum absolute atomic E-state index is 0.0180. The molecule has 0 bridgehead atoms. The van der Waals surface area contributed by atoms with Gasteiger partial charge in [0.1, 0.15) is 6.61 Å². The maximum Gasteiger partial charge on any atom is 0.407 e. The number of alkyl carbamates (subject to hydrolysis) is 1. The summed E-state index contributed by atoms with van der Waals surface area (Å²) in [6.45, 7) is 5.50. The number of thiazole rings is 2. The zero-order chi connectivity index (χ0) is 37.1. The number of urea groups is 1. The average molecular weight is 749 g/mol. The summed E-state index contributed by atoms with van der Waals surface area (Å²) in [7, 11) is 1.70. The fourth-order valence-electron chi connectivity index (χ4n) is 5.87. The number of carbonyl (C=O) groups is 3. The second kappa shape index (κ2) is 22.0. The number of carbonyl (C=O) groups excluding carboxylic acids is 3. The highest BCUT2D eigenvalue weighted by atomic mass is 32.1. The van der Waals surface area contributed by atoms with E-state index in [9.17, 15) is 19.5 Å². The maximum atomic E-state index is 14.1. The standard InChI is InChI=1S/C39H52N6O5S2/c1-28(2)37-42-33(26-51-37)24-45(3)38(48)44-35(16-17-40-18-19-46)36(47)22-31(20-29-10-6-4-7-11-29)14-15-32(21-30-12-8-5-9-13-30)43-39(49)50-25-34-23-41-27-52-34/h4-13,23,26-28,31-32,35,40,46H,14-22,24-25H2,1-3H3,(H,43,49)(H,44,48)/t31-,32-,35-/m0/s1. The number of Topliss-reactive ketones (excluding diaryl/α,β-unsaturated/α-hetero) is 1. The topological polar surface area (TPSA) is 146 Å². The summed E-state index contributed by atoms with van der Waals surface area (Å²) in [5.74, 6) is 0.207. The van der Waals surface area contributed by atoms with E-state index in [-0.39, 0.29) is 43.4 Å². The van der Waals surface area contributed by atoms with Crippen molar-refractivity contribution in [1.82, 2.24) is 30.8 Å². The molecule has 0 aliphatic rings. The molecule has 0 radical (unpaired) electrons. The first-order valence-electron chi connectivity index (χ1n) is 17.9. The van der Waals surface area contributed by atoms with Gasteiger partial charge in [-0.05, 0) is 55.7 Å². The largest absolute Gasteiger partial charge is 0.444 e. The molecule has 0 saturated carbocycles. The normalized spacial score (nSPS) is 12.9. The third kappa shape index (κ3) is 14.5. The highest BCUT2D eigenvalue weighted by molar-refractivity contribution is 7.09. The van der Waals surface area contributed by atoms with Crippen molar-refractivity contribution in [3.05, 3.63) is 104 Å². The number of aliphatic hydroxyl groups is 1. The molecule has 4 rings (SSSR count). The molecule has 0 unspecified atom stereocenters. The summed E-state index contributed by atoms with van der Waals surface area (Å²) < 4.78 is 5.51. The Bertz CT molecular complexity index is 1620. The van der Waals surface area contributed by atoms with Gasteiger partial charge in [0, 0.05) is 43.5 Å². The number of amides is 3. The minimum Gasteiger partial charge on any atom is -0.444 e. The van der Waals surface area contributed by atoms with Crippen molar-refractivity contribution in [3.8, 4) is 0 Å². The zero-order valence-corrected chi connectivity index (χ0v) is 32.0. The van der Waals surface area contributed by atoms with Crippen LogP contribution in [0.2, 0.25) is 0 Å². The molecule has 0 fully saturated rings. The van der Waals surface area contributed by atoms with Crippen molar-refractivity contribution < 1.29 is 24.2 Å². The molecule has 13 heteroatoms.